The van der Waals surface area contributed by atoms with Gasteiger partial charge in [0.25, 0.3) is 10.0 Å². The molecule has 30 heavy (non-hydrogen) atoms. The first-order valence-electron chi connectivity index (χ1n) is 11.0. The zero-order valence-electron chi connectivity index (χ0n) is 17.9. The largest absolute Gasteiger partial charge is 0.357 e. The Bertz CT molecular complexity index is 925. The van der Waals surface area contributed by atoms with Gasteiger partial charge in [0.1, 0.15) is 10.7 Å². The van der Waals surface area contributed by atoms with Crippen molar-refractivity contribution >= 4 is 21.5 Å². The molecule has 1 unspecified atom stereocenters. The molecule has 0 bridgehead atoms. The van der Waals surface area contributed by atoms with E-state index >= 15 is 0 Å². The van der Waals surface area contributed by atoms with Crippen LogP contribution in [-0.2, 0) is 10.0 Å². The Morgan fingerprint density at radius 2 is 1.77 bits per heavy atom. The molecule has 6 nitrogen and oxygen atoms in total. The number of pyridine rings is 1. The molecule has 2 aliphatic rings. The van der Waals surface area contributed by atoms with Crippen molar-refractivity contribution in [2.24, 2.45) is 0 Å². The number of para-hydroxylation sites is 1. The third-order valence-corrected chi connectivity index (χ3v) is 8.39. The molecule has 2 fully saturated rings. The third kappa shape index (κ3) is 4.18. The van der Waals surface area contributed by atoms with E-state index in [0.29, 0.717) is 24.3 Å². The van der Waals surface area contributed by atoms with Gasteiger partial charge in [0.05, 0.1) is 5.69 Å². The van der Waals surface area contributed by atoms with Crippen LogP contribution in [0.1, 0.15) is 39.5 Å². The van der Waals surface area contributed by atoms with Crippen molar-refractivity contribution in [3.63, 3.8) is 0 Å². The zero-order valence-corrected chi connectivity index (χ0v) is 18.8. The standard InChI is InChI=1S/C23H32N4O2S/c1-3-27(21-9-5-4-6-10-21)30(28,29)22-11-12-23(24-18-22)25-16-13-20(14-17-25)26-15-7-8-19(26)2/h4-6,9-12,18-20H,3,7-8,13-17H2,1-2H3. The Labute approximate surface area is 180 Å². The molecule has 2 saturated heterocycles. The van der Waals surface area contributed by atoms with Crippen LogP contribution in [0.25, 0.3) is 0 Å². The number of rotatable bonds is 6. The molecular formula is C23H32N4O2S. The van der Waals surface area contributed by atoms with Crippen LogP contribution in [0.4, 0.5) is 11.5 Å². The van der Waals surface area contributed by atoms with Gasteiger partial charge in [-0.15, -0.1) is 0 Å². The van der Waals surface area contributed by atoms with Crippen LogP contribution in [0.5, 0.6) is 0 Å². The number of likely N-dealkylation sites (tertiary alicyclic amines) is 1. The second kappa shape index (κ2) is 8.94. The molecule has 2 aromatic rings. The van der Waals surface area contributed by atoms with Crippen molar-refractivity contribution in [2.75, 3.05) is 35.4 Å². The number of aromatic nitrogens is 1. The van der Waals surface area contributed by atoms with Crippen molar-refractivity contribution in [1.29, 1.82) is 0 Å². The lowest BCUT2D eigenvalue weighted by Crippen LogP contribution is -2.46. The molecular weight excluding hydrogens is 396 g/mol. The van der Waals surface area contributed by atoms with Crippen LogP contribution in [-0.4, -0.2) is 56.6 Å². The Morgan fingerprint density at radius 1 is 1.03 bits per heavy atom. The second-order valence-electron chi connectivity index (χ2n) is 8.30. The Morgan fingerprint density at radius 3 is 2.33 bits per heavy atom. The quantitative estimate of drug-likeness (QED) is 0.701. The number of hydrogen-bond donors (Lipinski definition) is 0. The maximum atomic E-state index is 13.1. The van der Waals surface area contributed by atoms with Crippen molar-refractivity contribution in [2.45, 2.75) is 56.5 Å². The number of nitrogens with zero attached hydrogens (tertiary/aromatic N) is 4. The predicted octanol–water partition coefficient (Wildman–Crippen LogP) is 3.75. The van der Waals surface area contributed by atoms with Gasteiger partial charge in [0.2, 0.25) is 0 Å². The molecule has 0 radical (unpaired) electrons. The van der Waals surface area contributed by atoms with Crippen LogP contribution in [0, 0.1) is 0 Å². The number of sulfonamides is 1. The van der Waals surface area contributed by atoms with Crippen molar-refractivity contribution in [1.82, 2.24) is 9.88 Å². The fourth-order valence-corrected chi connectivity index (χ4v) is 6.27. The summed E-state index contributed by atoms with van der Waals surface area (Å²) in [5.41, 5.74) is 0.669. The lowest BCUT2D eigenvalue weighted by Gasteiger charge is -2.39. The summed E-state index contributed by atoms with van der Waals surface area (Å²) in [5, 5.41) is 0. The van der Waals surface area contributed by atoms with Crippen LogP contribution in [0.2, 0.25) is 0 Å². The molecule has 162 valence electrons. The molecule has 0 spiro atoms. The minimum atomic E-state index is -3.63. The second-order valence-corrected chi connectivity index (χ2v) is 10.2. The van der Waals surface area contributed by atoms with Crippen LogP contribution < -0.4 is 9.21 Å². The van der Waals surface area contributed by atoms with E-state index in [4.69, 9.17) is 0 Å². The SMILES string of the molecule is CCN(c1ccccc1)S(=O)(=O)c1ccc(N2CCC(N3CCCC3C)CC2)nc1. The summed E-state index contributed by atoms with van der Waals surface area (Å²) in [7, 11) is -3.63. The van der Waals surface area contributed by atoms with Crippen LogP contribution in [0.15, 0.2) is 53.6 Å². The number of benzene rings is 1. The lowest BCUT2D eigenvalue weighted by atomic mass is 10.0. The Kier molecular flexibility index (Phi) is 6.29. The maximum Gasteiger partial charge on any atom is 0.265 e. The average Bonchev–Trinajstić information content (AvgIpc) is 3.21. The first kappa shape index (κ1) is 21.1. The fraction of sp³-hybridized carbons (Fsp3) is 0.522. The average molecular weight is 429 g/mol. The van der Waals surface area contributed by atoms with E-state index in [0.717, 1.165) is 31.7 Å². The number of hydrogen-bond acceptors (Lipinski definition) is 5. The van der Waals surface area contributed by atoms with Gasteiger partial charge in [-0.3, -0.25) is 9.21 Å². The smallest absolute Gasteiger partial charge is 0.265 e. The van der Waals surface area contributed by atoms with Crippen LogP contribution >= 0.6 is 0 Å². The molecule has 1 aromatic carbocycles. The Balaban J connectivity index is 1.44. The molecule has 3 heterocycles. The molecule has 7 heteroatoms. The van der Waals surface area contributed by atoms with E-state index < -0.39 is 10.0 Å². The van der Waals surface area contributed by atoms with E-state index in [1.807, 2.05) is 43.3 Å². The van der Waals surface area contributed by atoms with E-state index in [2.05, 4.69) is 21.7 Å². The summed E-state index contributed by atoms with van der Waals surface area (Å²) >= 11 is 0. The highest BCUT2D eigenvalue weighted by Crippen LogP contribution is 2.28. The molecule has 0 aliphatic carbocycles. The highest BCUT2D eigenvalue weighted by molar-refractivity contribution is 7.92. The fourth-order valence-electron chi connectivity index (χ4n) is 4.85. The van der Waals surface area contributed by atoms with E-state index in [-0.39, 0.29) is 4.90 Å². The summed E-state index contributed by atoms with van der Waals surface area (Å²) in [6, 6.07) is 14.1. The van der Waals surface area contributed by atoms with Gasteiger partial charge in [0, 0.05) is 37.9 Å². The van der Waals surface area contributed by atoms with Crippen molar-refractivity contribution in [3.8, 4) is 0 Å². The van der Waals surface area contributed by atoms with Crippen molar-refractivity contribution in [3.05, 3.63) is 48.7 Å². The summed E-state index contributed by atoms with van der Waals surface area (Å²) in [6.45, 7) is 7.73. The molecule has 1 aromatic heterocycles. The molecule has 0 amide bonds. The van der Waals surface area contributed by atoms with Gasteiger partial charge < -0.3 is 4.90 Å². The highest BCUT2D eigenvalue weighted by atomic mass is 32.2. The normalized spacial score (nSPS) is 21.1. The summed E-state index contributed by atoms with van der Waals surface area (Å²) in [5.74, 6) is 0.865. The molecule has 0 N–H and O–H groups in total. The highest BCUT2D eigenvalue weighted by Gasteiger charge is 2.31. The Hall–Kier alpha value is -2.12. The van der Waals surface area contributed by atoms with Gasteiger partial charge in [-0.25, -0.2) is 13.4 Å². The first-order chi connectivity index (χ1) is 14.5. The van der Waals surface area contributed by atoms with E-state index in [1.165, 1.54) is 29.9 Å². The van der Waals surface area contributed by atoms with Gasteiger partial charge in [-0.05, 0) is 70.3 Å². The molecule has 4 rings (SSSR count). The summed E-state index contributed by atoms with van der Waals surface area (Å²) in [6.07, 6.45) is 6.42. The van der Waals surface area contributed by atoms with Gasteiger partial charge in [0.15, 0.2) is 0 Å². The minimum Gasteiger partial charge on any atom is -0.357 e. The van der Waals surface area contributed by atoms with Gasteiger partial charge >= 0.3 is 0 Å². The molecule has 1 atom stereocenters. The maximum absolute atomic E-state index is 13.1. The van der Waals surface area contributed by atoms with E-state index in [1.54, 1.807) is 6.07 Å². The molecule has 2 aliphatic heterocycles. The monoisotopic (exact) mass is 428 g/mol. The predicted molar refractivity (Wildman–Crippen MR) is 122 cm³/mol. The zero-order chi connectivity index (χ0) is 21.1. The van der Waals surface area contributed by atoms with Gasteiger partial charge in [-0.1, -0.05) is 18.2 Å². The van der Waals surface area contributed by atoms with E-state index in [9.17, 15) is 8.42 Å². The summed E-state index contributed by atoms with van der Waals surface area (Å²) < 4.78 is 27.7. The third-order valence-electron chi connectivity index (χ3n) is 6.50. The lowest BCUT2D eigenvalue weighted by molar-refractivity contribution is 0.163. The minimum absolute atomic E-state index is 0.234. The van der Waals surface area contributed by atoms with Crippen molar-refractivity contribution < 1.29 is 8.42 Å². The number of piperidine rings is 1. The molecule has 0 saturated carbocycles. The number of anilines is 2. The topological polar surface area (TPSA) is 56.8 Å². The van der Waals surface area contributed by atoms with Gasteiger partial charge in [-0.2, -0.15) is 0 Å². The summed E-state index contributed by atoms with van der Waals surface area (Å²) in [4.78, 5) is 9.71. The van der Waals surface area contributed by atoms with Crippen LogP contribution in [0.3, 0.4) is 0 Å². The first-order valence-corrected chi connectivity index (χ1v) is 12.5.